The number of benzene rings is 1. The average molecular weight is 283 g/mol. The first-order chi connectivity index (χ1) is 9.22. The van der Waals surface area contributed by atoms with E-state index in [9.17, 15) is 5.11 Å². The zero-order chi connectivity index (χ0) is 14.1. The number of aliphatic hydroxyl groups excluding tert-OH is 2. The lowest BCUT2D eigenvalue weighted by Crippen LogP contribution is -2.31. The third kappa shape index (κ3) is 5.53. The molecule has 1 aromatic rings. The van der Waals surface area contributed by atoms with E-state index in [4.69, 9.17) is 5.11 Å². The van der Waals surface area contributed by atoms with Gasteiger partial charge in [-0.25, -0.2) is 0 Å². The number of rotatable bonds is 9. The summed E-state index contributed by atoms with van der Waals surface area (Å²) in [5.41, 5.74) is 1.28. The summed E-state index contributed by atoms with van der Waals surface area (Å²) in [4.78, 5) is 0. The van der Waals surface area contributed by atoms with Crippen molar-refractivity contribution >= 4 is 11.8 Å². The molecule has 108 valence electrons. The number of nitrogens with one attached hydrogen (secondary N) is 1. The van der Waals surface area contributed by atoms with Crippen molar-refractivity contribution in [2.24, 2.45) is 0 Å². The second-order valence-electron chi connectivity index (χ2n) is 4.56. The summed E-state index contributed by atoms with van der Waals surface area (Å²) in [6, 6.07) is 10.7. The topological polar surface area (TPSA) is 52.5 Å². The fraction of sp³-hybridized carbons (Fsp3) is 0.600. The molecule has 0 fully saturated rings. The van der Waals surface area contributed by atoms with E-state index < -0.39 is 6.10 Å². The van der Waals surface area contributed by atoms with Gasteiger partial charge in [0.05, 0.1) is 12.7 Å². The Kier molecular flexibility index (Phi) is 8.14. The maximum atomic E-state index is 9.49. The van der Waals surface area contributed by atoms with Gasteiger partial charge in [0.15, 0.2) is 0 Å². The van der Waals surface area contributed by atoms with E-state index in [-0.39, 0.29) is 12.6 Å². The SMILES string of the molecule is CCNC(c1ccccc1)C(CC)SCC(O)CO. The van der Waals surface area contributed by atoms with Gasteiger partial charge in [0.25, 0.3) is 0 Å². The van der Waals surface area contributed by atoms with Gasteiger partial charge in [0.1, 0.15) is 0 Å². The highest BCUT2D eigenvalue weighted by molar-refractivity contribution is 8.00. The van der Waals surface area contributed by atoms with E-state index >= 15 is 0 Å². The Bertz CT molecular complexity index is 334. The van der Waals surface area contributed by atoms with Crippen molar-refractivity contribution in [3.05, 3.63) is 35.9 Å². The molecule has 0 spiro atoms. The number of hydrogen-bond acceptors (Lipinski definition) is 4. The minimum atomic E-state index is -0.628. The summed E-state index contributed by atoms with van der Waals surface area (Å²) in [5.74, 6) is 0.573. The van der Waals surface area contributed by atoms with Crippen LogP contribution in [0.15, 0.2) is 30.3 Å². The molecule has 1 aromatic carbocycles. The molecule has 3 N–H and O–H groups in total. The molecular weight excluding hydrogens is 258 g/mol. The number of aliphatic hydroxyl groups is 2. The van der Waals surface area contributed by atoms with E-state index in [0.717, 1.165) is 13.0 Å². The van der Waals surface area contributed by atoms with Gasteiger partial charge in [0, 0.05) is 17.0 Å². The van der Waals surface area contributed by atoms with Crippen LogP contribution in [0.1, 0.15) is 31.9 Å². The van der Waals surface area contributed by atoms with Crippen LogP contribution in [-0.2, 0) is 0 Å². The summed E-state index contributed by atoms with van der Waals surface area (Å²) in [6.07, 6.45) is 0.396. The average Bonchev–Trinajstić information content (AvgIpc) is 2.47. The maximum absolute atomic E-state index is 9.49. The lowest BCUT2D eigenvalue weighted by atomic mass is 10.0. The van der Waals surface area contributed by atoms with Crippen LogP contribution >= 0.6 is 11.8 Å². The molecule has 0 saturated heterocycles. The van der Waals surface area contributed by atoms with E-state index in [1.165, 1.54) is 5.56 Å². The minimum Gasteiger partial charge on any atom is -0.394 e. The molecule has 19 heavy (non-hydrogen) atoms. The first-order valence-electron chi connectivity index (χ1n) is 6.91. The summed E-state index contributed by atoms with van der Waals surface area (Å²) < 4.78 is 0. The molecule has 0 aliphatic carbocycles. The Morgan fingerprint density at radius 2 is 1.89 bits per heavy atom. The lowest BCUT2D eigenvalue weighted by Gasteiger charge is -2.27. The van der Waals surface area contributed by atoms with Crippen molar-refractivity contribution in [2.45, 2.75) is 37.7 Å². The van der Waals surface area contributed by atoms with Gasteiger partial charge in [-0.3, -0.25) is 0 Å². The van der Waals surface area contributed by atoms with Gasteiger partial charge in [-0.05, 0) is 18.5 Å². The fourth-order valence-corrected chi connectivity index (χ4v) is 3.34. The van der Waals surface area contributed by atoms with Crippen LogP contribution in [-0.4, -0.2) is 40.5 Å². The highest BCUT2D eigenvalue weighted by atomic mass is 32.2. The van der Waals surface area contributed by atoms with Crippen LogP contribution in [0, 0.1) is 0 Å². The maximum Gasteiger partial charge on any atom is 0.0861 e. The highest BCUT2D eigenvalue weighted by Crippen LogP contribution is 2.29. The van der Waals surface area contributed by atoms with Crippen molar-refractivity contribution in [3.63, 3.8) is 0 Å². The van der Waals surface area contributed by atoms with Gasteiger partial charge < -0.3 is 15.5 Å². The lowest BCUT2D eigenvalue weighted by molar-refractivity contribution is 0.113. The monoisotopic (exact) mass is 283 g/mol. The fourth-order valence-electron chi connectivity index (χ4n) is 2.08. The Balaban J connectivity index is 2.71. The smallest absolute Gasteiger partial charge is 0.0861 e. The Hall–Kier alpha value is -0.550. The van der Waals surface area contributed by atoms with E-state index in [1.807, 2.05) is 6.07 Å². The van der Waals surface area contributed by atoms with Crippen molar-refractivity contribution < 1.29 is 10.2 Å². The largest absolute Gasteiger partial charge is 0.394 e. The molecule has 0 radical (unpaired) electrons. The van der Waals surface area contributed by atoms with Crippen molar-refractivity contribution in [1.82, 2.24) is 5.32 Å². The van der Waals surface area contributed by atoms with E-state index in [2.05, 4.69) is 43.4 Å². The van der Waals surface area contributed by atoms with Gasteiger partial charge in [-0.1, -0.05) is 44.2 Å². The van der Waals surface area contributed by atoms with E-state index in [0.29, 0.717) is 11.0 Å². The van der Waals surface area contributed by atoms with Gasteiger partial charge in [0.2, 0.25) is 0 Å². The molecule has 1 rings (SSSR count). The van der Waals surface area contributed by atoms with Crippen LogP contribution < -0.4 is 5.32 Å². The third-order valence-corrected chi connectivity index (χ3v) is 4.68. The quantitative estimate of drug-likeness (QED) is 0.650. The van der Waals surface area contributed by atoms with Gasteiger partial charge in [-0.2, -0.15) is 11.8 Å². The molecule has 3 unspecified atom stereocenters. The number of hydrogen-bond donors (Lipinski definition) is 3. The van der Waals surface area contributed by atoms with Crippen LogP contribution in [0.25, 0.3) is 0 Å². The second kappa shape index (κ2) is 9.37. The molecule has 0 bridgehead atoms. The summed E-state index contributed by atoms with van der Waals surface area (Å²) >= 11 is 1.72. The molecule has 0 aliphatic rings. The van der Waals surface area contributed by atoms with Gasteiger partial charge in [-0.15, -0.1) is 0 Å². The molecule has 0 heterocycles. The standard InChI is InChI=1S/C15H25NO2S/c1-3-14(19-11-13(18)10-17)15(16-4-2)12-8-6-5-7-9-12/h5-9,13-18H,3-4,10-11H2,1-2H3. The zero-order valence-electron chi connectivity index (χ0n) is 11.7. The third-order valence-electron chi connectivity index (χ3n) is 3.07. The van der Waals surface area contributed by atoms with Crippen LogP contribution in [0.2, 0.25) is 0 Å². The Morgan fingerprint density at radius 3 is 2.42 bits per heavy atom. The predicted octanol–water partition coefficient (Wildman–Crippen LogP) is 2.20. The van der Waals surface area contributed by atoms with Gasteiger partial charge >= 0.3 is 0 Å². The van der Waals surface area contributed by atoms with Crippen LogP contribution in [0.3, 0.4) is 0 Å². The van der Waals surface area contributed by atoms with Crippen molar-refractivity contribution in [1.29, 1.82) is 0 Å². The molecule has 0 saturated carbocycles. The van der Waals surface area contributed by atoms with E-state index in [1.54, 1.807) is 11.8 Å². The Labute approximate surface area is 120 Å². The van der Waals surface area contributed by atoms with Crippen molar-refractivity contribution in [3.8, 4) is 0 Å². The van der Waals surface area contributed by atoms with Crippen LogP contribution in [0.4, 0.5) is 0 Å². The van der Waals surface area contributed by atoms with Crippen LogP contribution in [0.5, 0.6) is 0 Å². The zero-order valence-corrected chi connectivity index (χ0v) is 12.6. The van der Waals surface area contributed by atoms with Crippen molar-refractivity contribution in [2.75, 3.05) is 18.9 Å². The Morgan fingerprint density at radius 1 is 1.21 bits per heavy atom. The molecule has 0 amide bonds. The summed E-state index contributed by atoms with van der Waals surface area (Å²) in [7, 11) is 0. The predicted molar refractivity (Wildman–Crippen MR) is 82.5 cm³/mol. The summed E-state index contributed by atoms with van der Waals surface area (Å²) in [6.45, 7) is 5.02. The highest BCUT2D eigenvalue weighted by Gasteiger charge is 2.22. The molecule has 0 aliphatic heterocycles. The first-order valence-corrected chi connectivity index (χ1v) is 7.96. The molecule has 4 heteroatoms. The summed E-state index contributed by atoms with van der Waals surface area (Å²) in [5, 5.41) is 22.3. The molecule has 0 aromatic heterocycles. The first kappa shape index (κ1) is 16.5. The number of thioether (sulfide) groups is 1. The molecule has 3 nitrogen and oxygen atoms in total. The molecule has 3 atom stereocenters. The molecular formula is C15H25NO2S. The normalized spacial score (nSPS) is 16.0. The second-order valence-corrected chi connectivity index (χ2v) is 5.83. The minimum absolute atomic E-state index is 0.166.